The average molecular weight is 489 g/mol. The summed E-state index contributed by atoms with van der Waals surface area (Å²) in [6.45, 7) is 5.62. The fourth-order valence-corrected chi connectivity index (χ4v) is 5.60. The molecule has 0 bridgehead atoms. The van der Waals surface area contributed by atoms with Gasteiger partial charge in [0, 0.05) is 50.9 Å². The van der Waals surface area contributed by atoms with E-state index in [1.54, 1.807) is 20.4 Å². The second kappa shape index (κ2) is 8.89. The summed E-state index contributed by atoms with van der Waals surface area (Å²) < 4.78 is 15.0. The molecule has 5 heterocycles. The lowest BCUT2D eigenvalue weighted by molar-refractivity contribution is 0.0654. The fraction of sp³-hybridized carbons (Fsp3) is 0.481. The summed E-state index contributed by atoms with van der Waals surface area (Å²) in [7, 11) is 3.31. The Balaban J connectivity index is 1.43. The average Bonchev–Trinajstić information content (AvgIpc) is 3.39. The topological polar surface area (TPSA) is 87.3 Å². The van der Waals surface area contributed by atoms with Crippen LogP contribution in [0.2, 0.25) is 0 Å². The SMILES string of the molecule is CCn1c(-c2nc3cc(C(=O)N4CCCC5(CC5)C4)cnc3n2CCOC)cc2ccc(OC)nc21. The van der Waals surface area contributed by atoms with Crippen LogP contribution >= 0.6 is 0 Å². The van der Waals surface area contributed by atoms with Crippen LogP contribution in [-0.2, 0) is 17.8 Å². The number of ether oxygens (including phenoxy) is 2. The van der Waals surface area contributed by atoms with Crippen LogP contribution in [0.4, 0.5) is 0 Å². The van der Waals surface area contributed by atoms with Crippen molar-refractivity contribution in [1.29, 1.82) is 0 Å². The molecule has 2 fully saturated rings. The number of methoxy groups -OCH3 is 2. The molecular weight excluding hydrogens is 456 g/mol. The molecule has 0 N–H and O–H groups in total. The van der Waals surface area contributed by atoms with Crippen LogP contribution in [0, 0.1) is 5.41 Å². The number of amides is 1. The number of hydrogen-bond acceptors (Lipinski definition) is 6. The highest BCUT2D eigenvalue weighted by atomic mass is 16.5. The maximum atomic E-state index is 13.4. The van der Waals surface area contributed by atoms with Gasteiger partial charge in [-0.1, -0.05) is 0 Å². The Morgan fingerprint density at radius 1 is 1.08 bits per heavy atom. The van der Waals surface area contributed by atoms with Crippen molar-refractivity contribution < 1.29 is 14.3 Å². The highest BCUT2D eigenvalue weighted by Gasteiger charge is 2.46. The largest absolute Gasteiger partial charge is 0.481 e. The Morgan fingerprint density at radius 3 is 2.69 bits per heavy atom. The molecule has 1 saturated heterocycles. The van der Waals surface area contributed by atoms with E-state index in [1.165, 1.54) is 19.3 Å². The van der Waals surface area contributed by atoms with Crippen molar-refractivity contribution >= 4 is 28.1 Å². The Kier molecular flexibility index (Phi) is 5.67. The number of pyridine rings is 2. The maximum absolute atomic E-state index is 13.4. The van der Waals surface area contributed by atoms with Crippen molar-refractivity contribution in [2.24, 2.45) is 5.41 Å². The van der Waals surface area contributed by atoms with Gasteiger partial charge in [-0.05, 0) is 56.2 Å². The number of carbonyl (C=O) groups excluding carboxylic acids is 1. The first-order valence-corrected chi connectivity index (χ1v) is 12.7. The van der Waals surface area contributed by atoms with Gasteiger partial charge in [0.2, 0.25) is 5.88 Å². The van der Waals surface area contributed by atoms with Crippen molar-refractivity contribution in [3.8, 4) is 17.4 Å². The van der Waals surface area contributed by atoms with Gasteiger partial charge < -0.3 is 23.5 Å². The van der Waals surface area contributed by atoms with E-state index in [-0.39, 0.29) is 5.91 Å². The molecule has 1 aliphatic heterocycles. The first-order valence-electron chi connectivity index (χ1n) is 12.7. The molecule has 1 aliphatic carbocycles. The van der Waals surface area contributed by atoms with Gasteiger partial charge in [-0.2, -0.15) is 4.98 Å². The van der Waals surface area contributed by atoms with Gasteiger partial charge in [-0.3, -0.25) is 4.79 Å². The third-order valence-electron chi connectivity index (χ3n) is 7.73. The summed E-state index contributed by atoms with van der Waals surface area (Å²) in [5.74, 6) is 1.42. The van der Waals surface area contributed by atoms with E-state index >= 15 is 0 Å². The van der Waals surface area contributed by atoms with E-state index in [4.69, 9.17) is 19.4 Å². The number of fused-ring (bicyclic) bond motifs is 2. The molecule has 4 aromatic rings. The molecule has 9 heteroatoms. The summed E-state index contributed by atoms with van der Waals surface area (Å²) in [5, 5.41) is 1.01. The molecule has 1 saturated carbocycles. The summed E-state index contributed by atoms with van der Waals surface area (Å²) >= 11 is 0. The molecule has 9 nitrogen and oxygen atoms in total. The van der Waals surface area contributed by atoms with Gasteiger partial charge in [0.15, 0.2) is 11.5 Å². The highest BCUT2D eigenvalue weighted by molar-refractivity contribution is 5.97. The lowest BCUT2D eigenvalue weighted by Gasteiger charge is -2.33. The van der Waals surface area contributed by atoms with E-state index in [0.29, 0.717) is 35.5 Å². The molecule has 4 aromatic heterocycles. The minimum atomic E-state index is 0.0577. The Hall–Kier alpha value is -3.46. The minimum Gasteiger partial charge on any atom is -0.481 e. The second-order valence-electron chi connectivity index (χ2n) is 10.0. The summed E-state index contributed by atoms with van der Waals surface area (Å²) in [5.41, 5.74) is 4.23. The molecule has 6 rings (SSSR count). The zero-order chi connectivity index (χ0) is 24.9. The van der Waals surface area contributed by atoms with Crippen LogP contribution in [-0.4, -0.2) is 68.8 Å². The normalized spacial score (nSPS) is 16.8. The van der Waals surface area contributed by atoms with Crippen LogP contribution in [0.3, 0.4) is 0 Å². The Bertz CT molecular complexity index is 1450. The van der Waals surface area contributed by atoms with Crippen molar-refractivity contribution in [3.63, 3.8) is 0 Å². The third-order valence-corrected chi connectivity index (χ3v) is 7.73. The van der Waals surface area contributed by atoms with Crippen molar-refractivity contribution in [1.82, 2.24) is 29.0 Å². The lowest BCUT2D eigenvalue weighted by Crippen LogP contribution is -2.40. The van der Waals surface area contributed by atoms with Crippen LogP contribution < -0.4 is 4.74 Å². The van der Waals surface area contributed by atoms with Crippen LogP contribution in [0.25, 0.3) is 33.7 Å². The van der Waals surface area contributed by atoms with E-state index in [2.05, 4.69) is 27.1 Å². The summed E-state index contributed by atoms with van der Waals surface area (Å²) in [6, 6.07) is 7.88. The number of imidazole rings is 1. The van der Waals surface area contributed by atoms with Crippen LogP contribution in [0.15, 0.2) is 30.5 Å². The molecule has 0 atom stereocenters. The smallest absolute Gasteiger partial charge is 0.255 e. The van der Waals surface area contributed by atoms with Crippen molar-refractivity contribution in [2.75, 3.05) is 33.9 Å². The number of likely N-dealkylation sites (tertiary alicyclic amines) is 1. The fourth-order valence-electron chi connectivity index (χ4n) is 5.60. The number of hydrogen-bond donors (Lipinski definition) is 0. The second-order valence-corrected chi connectivity index (χ2v) is 10.0. The molecular formula is C27H32N6O3. The van der Waals surface area contributed by atoms with Crippen LogP contribution in [0.5, 0.6) is 5.88 Å². The first-order chi connectivity index (χ1) is 17.6. The number of carbonyl (C=O) groups is 1. The van der Waals surface area contributed by atoms with Gasteiger partial charge in [-0.25, -0.2) is 9.97 Å². The number of aromatic nitrogens is 5. The molecule has 0 radical (unpaired) electrons. The highest BCUT2D eigenvalue weighted by Crippen LogP contribution is 2.52. The summed E-state index contributed by atoms with van der Waals surface area (Å²) in [4.78, 5) is 29.8. The zero-order valence-corrected chi connectivity index (χ0v) is 21.2. The number of piperidine rings is 1. The minimum absolute atomic E-state index is 0.0577. The summed E-state index contributed by atoms with van der Waals surface area (Å²) in [6.07, 6.45) is 6.52. The monoisotopic (exact) mass is 488 g/mol. The molecule has 188 valence electrons. The zero-order valence-electron chi connectivity index (χ0n) is 21.2. The van der Waals surface area contributed by atoms with E-state index in [9.17, 15) is 4.79 Å². The number of nitrogens with zero attached hydrogens (tertiary/aromatic N) is 6. The third kappa shape index (κ3) is 3.82. The van der Waals surface area contributed by atoms with Gasteiger partial charge in [-0.15, -0.1) is 0 Å². The Labute approximate surface area is 210 Å². The molecule has 1 spiro atoms. The molecule has 36 heavy (non-hydrogen) atoms. The Morgan fingerprint density at radius 2 is 1.94 bits per heavy atom. The number of aryl methyl sites for hydroxylation is 1. The first kappa shape index (κ1) is 23.0. The molecule has 0 aromatic carbocycles. The molecule has 1 amide bonds. The maximum Gasteiger partial charge on any atom is 0.255 e. The van der Waals surface area contributed by atoms with Gasteiger partial charge in [0.05, 0.1) is 25.0 Å². The van der Waals surface area contributed by atoms with Gasteiger partial charge >= 0.3 is 0 Å². The number of rotatable bonds is 7. The predicted octanol–water partition coefficient (Wildman–Crippen LogP) is 4.14. The van der Waals surface area contributed by atoms with E-state index in [0.717, 1.165) is 54.3 Å². The van der Waals surface area contributed by atoms with Crippen molar-refractivity contribution in [2.45, 2.75) is 45.7 Å². The lowest BCUT2D eigenvalue weighted by atomic mass is 9.94. The van der Waals surface area contributed by atoms with E-state index < -0.39 is 0 Å². The van der Waals surface area contributed by atoms with E-state index in [1.807, 2.05) is 23.1 Å². The molecule has 2 aliphatic rings. The van der Waals surface area contributed by atoms with Crippen molar-refractivity contribution in [3.05, 3.63) is 36.0 Å². The molecule has 0 unspecified atom stereocenters. The quantitative estimate of drug-likeness (QED) is 0.389. The standard InChI is InChI=1S/C27H32N6O3/c1-4-32-21(15-18-6-7-22(36-3)30-23(18)32)25-29-20-14-19(16-28-24(20)33(25)12-13-35-2)26(34)31-11-5-8-27(17-31)9-10-27/h6-7,14-16H,4-5,8-13,17H2,1-3H3. The predicted molar refractivity (Wildman–Crippen MR) is 137 cm³/mol. The van der Waals surface area contributed by atoms with Crippen LogP contribution in [0.1, 0.15) is 43.0 Å². The van der Waals surface area contributed by atoms with Gasteiger partial charge in [0.25, 0.3) is 5.91 Å². The van der Waals surface area contributed by atoms with Gasteiger partial charge in [0.1, 0.15) is 11.2 Å².